The van der Waals surface area contributed by atoms with Gasteiger partial charge in [0.15, 0.2) is 0 Å². The van der Waals surface area contributed by atoms with Gasteiger partial charge in [-0.1, -0.05) is 31.0 Å². The van der Waals surface area contributed by atoms with Gasteiger partial charge in [-0.05, 0) is 47.2 Å². The van der Waals surface area contributed by atoms with E-state index in [0.29, 0.717) is 5.75 Å². The summed E-state index contributed by atoms with van der Waals surface area (Å²) in [5, 5.41) is 12.6. The first-order valence-corrected chi connectivity index (χ1v) is 8.68. The van der Waals surface area contributed by atoms with Gasteiger partial charge in [-0.15, -0.1) is 0 Å². The number of methoxy groups -OCH3 is 2. The van der Waals surface area contributed by atoms with E-state index in [2.05, 4.69) is 17.7 Å². The van der Waals surface area contributed by atoms with Crippen LogP contribution in [0.25, 0.3) is 0 Å². The molecule has 1 unspecified atom stereocenters. The van der Waals surface area contributed by atoms with Crippen molar-refractivity contribution in [3.05, 3.63) is 64.6 Å². The quantitative estimate of drug-likeness (QED) is 0.804. The van der Waals surface area contributed by atoms with E-state index in [9.17, 15) is 5.11 Å². The third kappa shape index (κ3) is 2.74. The smallest absolute Gasteiger partial charge is 0.125 e. The van der Waals surface area contributed by atoms with Crippen molar-refractivity contribution in [1.82, 2.24) is 4.72 Å². The van der Waals surface area contributed by atoms with Crippen LogP contribution in [0.15, 0.2) is 47.9 Å². The largest absolute Gasteiger partial charge is 0.507 e. The Morgan fingerprint density at radius 3 is 2.42 bits per heavy atom. The average molecular weight is 343 g/mol. The molecule has 0 saturated carbocycles. The summed E-state index contributed by atoms with van der Waals surface area (Å²) in [5.74, 6) is 1.72. The van der Waals surface area contributed by atoms with Gasteiger partial charge in [0.2, 0.25) is 0 Å². The highest BCUT2D eigenvalue weighted by Gasteiger charge is 2.37. The summed E-state index contributed by atoms with van der Waals surface area (Å²) < 4.78 is 14.1. The van der Waals surface area contributed by atoms with Gasteiger partial charge < -0.3 is 14.6 Å². The van der Waals surface area contributed by atoms with Gasteiger partial charge >= 0.3 is 0 Å². The number of aromatic hydroxyl groups is 1. The number of ether oxygens (including phenoxy) is 2. The Kier molecular flexibility index (Phi) is 4.73. The van der Waals surface area contributed by atoms with Crippen LogP contribution in [0.1, 0.15) is 23.6 Å². The fourth-order valence-corrected chi connectivity index (χ4v) is 3.82. The second-order valence-electron chi connectivity index (χ2n) is 5.59. The van der Waals surface area contributed by atoms with Gasteiger partial charge in [-0.3, -0.25) is 0 Å². The zero-order valence-electron chi connectivity index (χ0n) is 14.0. The standard InChI is InChI=1S/C19H21NO3S/c1-4-13-11-16(17(21)12-18(13)23-3)19(9-10-24-20-19)14-5-7-15(22-2)8-6-14/h5-12,20-21H,4H2,1-3H3. The van der Waals surface area contributed by atoms with Gasteiger partial charge in [0.25, 0.3) is 0 Å². The molecule has 1 heterocycles. The molecule has 24 heavy (non-hydrogen) atoms. The Labute approximate surface area is 146 Å². The third-order valence-corrected chi connectivity index (χ3v) is 5.07. The maximum absolute atomic E-state index is 10.6. The first-order chi connectivity index (χ1) is 11.6. The van der Waals surface area contributed by atoms with E-state index in [1.54, 1.807) is 20.3 Å². The fraction of sp³-hybridized carbons (Fsp3) is 0.263. The molecule has 0 radical (unpaired) electrons. The number of rotatable bonds is 5. The predicted octanol–water partition coefficient (Wildman–Crippen LogP) is 3.98. The van der Waals surface area contributed by atoms with E-state index in [-0.39, 0.29) is 5.75 Å². The summed E-state index contributed by atoms with van der Waals surface area (Å²) in [5.41, 5.74) is 2.32. The predicted molar refractivity (Wildman–Crippen MR) is 97.7 cm³/mol. The van der Waals surface area contributed by atoms with Gasteiger partial charge in [-0.2, -0.15) is 0 Å². The first kappa shape index (κ1) is 16.7. The minimum Gasteiger partial charge on any atom is -0.507 e. The van der Waals surface area contributed by atoms with Gasteiger partial charge in [0, 0.05) is 11.6 Å². The Morgan fingerprint density at radius 2 is 1.88 bits per heavy atom. The summed E-state index contributed by atoms with van der Waals surface area (Å²) in [7, 11) is 3.27. The molecule has 0 aliphatic carbocycles. The molecule has 0 aromatic heterocycles. The van der Waals surface area contributed by atoms with Crippen molar-refractivity contribution in [3.63, 3.8) is 0 Å². The van der Waals surface area contributed by atoms with Crippen LogP contribution in [-0.2, 0) is 12.0 Å². The van der Waals surface area contributed by atoms with Crippen molar-refractivity contribution < 1.29 is 14.6 Å². The zero-order chi connectivity index (χ0) is 17.2. The maximum Gasteiger partial charge on any atom is 0.125 e. The number of hydrogen-bond acceptors (Lipinski definition) is 5. The third-order valence-electron chi connectivity index (χ3n) is 4.36. The number of aryl methyl sites for hydroxylation is 1. The molecule has 0 bridgehead atoms. The van der Waals surface area contributed by atoms with E-state index in [0.717, 1.165) is 28.9 Å². The zero-order valence-corrected chi connectivity index (χ0v) is 14.8. The number of phenols is 1. The molecule has 126 valence electrons. The first-order valence-electron chi connectivity index (χ1n) is 7.80. The van der Waals surface area contributed by atoms with Crippen LogP contribution in [0, 0.1) is 0 Å². The van der Waals surface area contributed by atoms with Crippen LogP contribution in [0.3, 0.4) is 0 Å². The second-order valence-corrected chi connectivity index (χ2v) is 6.31. The Hall–Kier alpha value is -2.11. The molecular weight excluding hydrogens is 322 g/mol. The van der Waals surface area contributed by atoms with Crippen molar-refractivity contribution in [2.75, 3.05) is 14.2 Å². The summed E-state index contributed by atoms with van der Waals surface area (Å²) in [6, 6.07) is 11.6. The van der Waals surface area contributed by atoms with Gasteiger partial charge in [0.1, 0.15) is 22.8 Å². The van der Waals surface area contributed by atoms with Crippen molar-refractivity contribution in [2.24, 2.45) is 0 Å². The van der Waals surface area contributed by atoms with Crippen LogP contribution >= 0.6 is 11.9 Å². The lowest BCUT2D eigenvalue weighted by Crippen LogP contribution is -2.35. The van der Waals surface area contributed by atoms with Gasteiger partial charge in [-0.25, -0.2) is 4.72 Å². The molecule has 3 rings (SSSR count). The lowest BCUT2D eigenvalue weighted by Gasteiger charge is -2.30. The molecule has 1 atom stereocenters. The highest BCUT2D eigenvalue weighted by atomic mass is 32.2. The highest BCUT2D eigenvalue weighted by Crippen LogP contribution is 2.44. The van der Waals surface area contributed by atoms with E-state index in [1.165, 1.54) is 11.9 Å². The summed E-state index contributed by atoms with van der Waals surface area (Å²) in [6.45, 7) is 2.07. The molecule has 2 N–H and O–H groups in total. The van der Waals surface area contributed by atoms with E-state index < -0.39 is 5.54 Å². The molecule has 1 aliphatic rings. The second kappa shape index (κ2) is 6.79. The van der Waals surface area contributed by atoms with E-state index >= 15 is 0 Å². The lowest BCUT2D eigenvalue weighted by molar-refractivity contribution is 0.399. The fourth-order valence-electron chi connectivity index (χ4n) is 3.00. The average Bonchev–Trinajstić information content (AvgIpc) is 3.12. The van der Waals surface area contributed by atoms with Crippen LogP contribution in [0.4, 0.5) is 0 Å². The van der Waals surface area contributed by atoms with Crippen LogP contribution in [0.5, 0.6) is 17.2 Å². The molecule has 5 heteroatoms. The molecule has 0 amide bonds. The van der Waals surface area contributed by atoms with Crippen molar-refractivity contribution in [3.8, 4) is 17.2 Å². The molecule has 2 aromatic rings. The molecule has 2 aromatic carbocycles. The Bertz CT molecular complexity index is 758. The molecule has 0 saturated heterocycles. The summed E-state index contributed by atoms with van der Waals surface area (Å²) >= 11 is 1.51. The van der Waals surface area contributed by atoms with Gasteiger partial charge in [0.05, 0.1) is 14.2 Å². The monoisotopic (exact) mass is 343 g/mol. The number of benzene rings is 2. The lowest BCUT2D eigenvalue weighted by atomic mass is 9.82. The topological polar surface area (TPSA) is 50.7 Å². The number of phenolic OH excluding ortho intramolecular Hbond substituents is 1. The van der Waals surface area contributed by atoms with Crippen LogP contribution in [-0.4, -0.2) is 19.3 Å². The maximum atomic E-state index is 10.6. The van der Waals surface area contributed by atoms with Crippen molar-refractivity contribution in [2.45, 2.75) is 18.9 Å². The molecule has 4 nitrogen and oxygen atoms in total. The Balaban J connectivity index is 2.16. The van der Waals surface area contributed by atoms with E-state index in [4.69, 9.17) is 9.47 Å². The minimum absolute atomic E-state index is 0.208. The number of hydrogen-bond donors (Lipinski definition) is 2. The Morgan fingerprint density at radius 1 is 1.12 bits per heavy atom. The number of nitrogens with one attached hydrogen (secondary N) is 1. The minimum atomic E-state index is -0.586. The van der Waals surface area contributed by atoms with Crippen molar-refractivity contribution in [1.29, 1.82) is 0 Å². The summed E-state index contributed by atoms with van der Waals surface area (Å²) in [6.07, 6.45) is 2.90. The van der Waals surface area contributed by atoms with Crippen LogP contribution < -0.4 is 14.2 Å². The molecule has 1 aliphatic heterocycles. The van der Waals surface area contributed by atoms with Crippen LogP contribution in [0.2, 0.25) is 0 Å². The molecule has 0 fully saturated rings. The SMILES string of the molecule is CCc1cc(C2(c3ccc(OC)cc3)C=CSN2)c(O)cc1OC. The molecule has 0 spiro atoms. The highest BCUT2D eigenvalue weighted by molar-refractivity contribution is 8.00. The summed E-state index contributed by atoms with van der Waals surface area (Å²) in [4.78, 5) is 0. The molecular formula is C19H21NO3S. The normalized spacial score (nSPS) is 19.5. The van der Waals surface area contributed by atoms with E-state index in [1.807, 2.05) is 35.7 Å². The van der Waals surface area contributed by atoms with Crippen molar-refractivity contribution >= 4 is 11.9 Å².